The largest absolute Gasteiger partial charge is 0.462 e. The quantitative estimate of drug-likeness (QED) is 0.0261. The van der Waals surface area contributed by atoms with Crippen molar-refractivity contribution in [2.75, 3.05) is 13.2 Å². The molecule has 0 spiro atoms. The van der Waals surface area contributed by atoms with Gasteiger partial charge in [0.1, 0.15) is 13.2 Å². The van der Waals surface area contributed by atoms with Gasteiger partial charge in [0.15, 0.2) is 6.10 Å². The van der Waals surface area contributed by atoms with Gasteiger partial charge in [0.25, 0.3) is 0 Å². The molecule has 6 nitrogen and oxygen atoms in total. The van der Waals surface area contributed by atoms with Crippen LogP contribution in [0.2, 0.25) is 0 Å². The van der Waals surface area contributed by atoms with Crippen LogP contribution in [0.3, 0.4) is 0 Å². The fraction of sp³-hybridized carbons (Fsp3) is 0.682. The molecule has 0 aliphatic carbocycles. The van der Waals surface area contributed by atoms with Gasteiger partial charge in [-0.25, -0.2) is 0 Å². The Morgan fingerprint density at radius 3 is 0.861 bits per heavy atom. The summed E-state index contributed by atoms with van der Waals surface area (Å²) >= 11 is 0. The summed E-state index contributed by atoms with van der Waals surface area (Å²) in [6, 6.07) is 0. The van der Waals surface area contributed by atoms with Crippen molar-refractivity contribution >= 4 is 17.9 Å². The van der Waals surface area contributed by atoms with Gasteiger partial charge in [-0.2, -0.15) is 0 Å². The molecule has 0 heterocycles. The first-order chi connectivity index (χ1) is 35.5. The highest BCUT2D eigenvalue weighted by atomic mass is 16.6. The van der Waals surface area contributed by atoms with E-state index in [1.807, 2.05) is 0 Å². The summed E-state index contributed by atoms with van der Waals surface area (Å²) in [5, 5.41) is 0. The molecule has 0 N–H and O–H groups in total. The van der Waals surface area contributed by atoms with E-state index < -0.39 is 6.10 Å². The molecule has 0 aromatic carbocycles. The van der Waals surface area contributed by atoms with Crippen molar-refractivity contribution in [3.05, 3.63) is 109 Å². The van der Waals surface area contributed by atoms with Crippen LogP contribution < -0.4 is 0 Å². The van der Waals surface area contributed by atoms with Crippen LogP contribution >= 0.6 is 0 Å². The van der Waals surface area contributed by atoms with Gasteiger partial charge >= 0.3 is 17.9 Å². The molecule has 0 radical (unpaired) electrons. The topological polar surface area (TPSA) is 78.9 Å². The van der Waals surface area contributed by atoms with E-state index in [1.54, 1.807) is 0 Å². The van der Waals surface area contributed by atoms with E-state index in [2.05, 4.69) is 130 Å². The number of ether oxygens (including phenoxy) is 3. The molecule has 72 heavy (non-hydrogen) atoms. The van der Waals surface area contributed by atoms with Gasteiger partial charge in [0.05, 0.1) is 0 Å². The fourth-order valence-electron chi connectivity index (χ4n) is 8.00. The third-order valence-electron chi connectivity index (χ3n) is 12.5. The molecule has 0 fully saturated rings. The van der Waals surface area contributed by atoms with Crippen LogP contribution in [-0.2, 0) is 28.6 Å². The maximum atomic E-state index is 12.9. The predicted molar refractivity (Wildman–Crippen MR) is 311 cm³/mol. The zero-order valence-corrected chi connectivity index (χ0v) is 46.9. The zero-order valence-electron chi connectivity index (χ0n) is 46.9. The highest BCUT2D eigenvalue weighted by Crippen LogP contribution is 2.14. The average Bonchev–Trinajstić information content (AvgIpc) is 3.38. The Morgan fingerprint density at radius 1 is 0.292 bits per heavy atom. The smallest absolute Gasteiger partial charge is 0.306 e. The second-order valence-electron chi connectivity index (χ2n) is 19.5. The SMILES string of the molecule is CC/C=C\C/C=C\C/C=C\C/C=C\C/C=C\C/C=C\CCCCCCCCC(=O)OCC(COC(=O)CCCCCCC/C=C\CCCCCC)OC(=O)CCCCCCC/C=C\C/C=C\CCCCCC. The van der Waals surface area contributed by atoms with Crippen molar-refractivity contribution in [1.29, 1.82) is 0 Å². The third-order valence-corrected chi connectivity index (χ3v) is 12.5. The summed E-state index contributed by atoms with van der Waals surface area (Å²) in [5.41, 5.74) is 0. The monoisotopic (exact) mass is 999 g/mol. The summed E-state index contributed by atoms with van der Waals surface area (Å²) in [4.78, 5) is 38.2. The first-order valence-corrected chi connectivity index (χ1v) is 29.9. The average molecular weight is 1000 g/mol. The zero-order chi connectivity index (χ0) is 52.2. The number of carbonyl (C=O) groups is 3. The first kappa shape index (κ1) is 68.1. The summed E-state index contributed by atoms with van der Waals surface area (Å²) in [6.07, 6.45) is 80.8. The van der Waals surface area contributed by atoms with Crippen molar-refractivity contribution < 1.29 is 28.6 Å². The van der Waals surface area contributed by atoms with Crippen LogP contribution in [0.5, 0.6) is 0 Å². The lowest BCUT2D eigenvalue weighted by atomic mass is 10.1. The second-order valence-corrected chi connectivity index (χ2v) is 19.5. The number of esters is 3. The van der Waals surface area contributed by atoms with Gasteiger partial charge in [-0.05, 0) is 128 Å². The Kier molecular flexibility index (Phi) is 56.4. The molecule has 0 bridgehead atoms. The van der Waals surface area contributed by atoms with Crippen LogP contribution in [0.25, 0.3) is 0 Å². The van der Waals surface area contributed by atoms with Gasteiger partial charge in [-0.15, -0.1) is 0 Å². The minimum Gasteiger partial charge on any atom is -0.462 e. The molecule has 0 aromatic rings. The van der Waals surface area contributed by atoms with Crippen LogP contribution in [0.15, 0.2) is 109 Å². The molecule has 0 aliphatic heterocycles. The molecule has 0 amide bonds. The van der Waals surface area contributed by atoms with Crippen LogP contribution in [-0.4, -0.2) is 37.2 Å². The molecule has 0 aromatic heterocycles. The molecular formula is C66H110O6. The highest BCUT2D eigenvalue weighted by molar-refractivity contribution is 5.71. The molecule has 0 aliphatic rings. The standard InChI is InChI=1S/C66H110O6/c1-4-7-10-13-16-19-22-25-27-29-30-31-32-33-34-35-36-37-39-41-44-47-50-53-56-59-65(68)71-62-63(61-70-64(67)58-55-52-49-46-43-40-24-21-18-15-12-9-6-3)72-66(69)60-57-54-51-48-45-42-38-28-26-23-20-17-14-11-8-5-2/h7,10,16,19-21,23-25,27-28,30-31,33-34,36-38,63H,4-6,8-9,11-15,17-18,22,26,29,32,35,39-62H2,1-3H3/b10-7-,19-16-,23-20-,24-21-,27-25-,31-30-,34-33-,37-36-,38-28-. The van der Waals surface area contributed by atoms with Crippen LogP contribution in [0.4, 0.5) is 0 Å². The molecule has 0 rings (SSSR count). The normalized spacial score (nSPS) is 12.9. The number of hydrogen-bond donors (Lipinski definition) is 0. The minimum absolute atomic E-state index is 0.0938. The Labute approximate surface area is 444 Å². The Morgan fingerprint density at radius 2 is 0.542 bits per heavy atom. The van der Waals surface area contributed by atoms with Gasteiger partial charge in [0.2, 0.25) is 0 Å². The van der Waals surface area contributed by atoms with Gasteiger partial charge < -0.3 is 14.2 Å². The fourth-order valence-corrected chi connectivity index (χ4v) is 8.00. The van der Waals surface area contributed by atoms with Crippen molar-refractivity contribution in [2.24, 2.45) is 0 Å². The van der Waals surface area contributed by atoms with Crippen molar-refractivity contribution in [3.63, 3.8) is 0 Å². The van der Waals surface area contributed by atoms with Crippen molar-refractivity contribution in [2.45, 2.75) is 277 Å². The Bertz CT molecular complexity index is 1470. The lowest BCUT2D eigenvalue weighted by Crippen LogP contribution is -2.30. The van der Waals surface area contributed by atoms with E-state index >= 15 is 0 Å². The van der Waals surface area contributed by atoms with Gasteiger partial charge in [-0.1, -0.05) is 233 Å². The van der Waals surface area contributed by atoms with E-state index in [0.29, 0.717) is 19.3 Å². The summed E-state index contributed by atoms with van der Waals surface area (Å²) in [6.45, 7) is 6.47. The van der Waals surface area contributed by atoms with E-state index in [4.69, 9.17) is 14.2 Å². The first-order valence-electron chi connectivity index (χ1n) is 29.9. The maximum Gasteiger partial charge on any atom is 0.306 e. The third kappa shape index (κ3) is 57.0. The highest BCUT2D eigenvalue weighted by Gasteiger charge is 2.19. The minimum atomic E-state index is -0.797. The molecular weight excluding hydrogens is 889 g/mol. The van der Waals surface area contributed by atoms with E-state index in [9.17, 15) is 14.4 Å². The molecule has 1 atom stereocenters. The molecule has 1 unspecified atom stereocenters. The van der Waals surface area contributed by atoms with Crippen molar-refractivity contribution in [1.82, 2.24) is 0 Å². The lowest BCUT2D eigenvalue weighted by Gasteiger charge is -2.18. The summed E-state index contributed by atoms with van der Waals surface area (Å²) in [5.74, 6) is -0.929. The van der Waals surface area contributed by atoms with E-state index in [1.165, 1.54) is 89.9 Å². The number of carbonyl (C=O) groups excluding carboxylic acids is 3. The van der Waals surface area contributed by atoms with E-state index in [-0.39, 0.29) is 31.1 Å². The van der Waals surface area contributed by atoms with Gasteiger partial charge in [0, 0.05) is 19.3 Å². The molecule has 410 valence electrons. The molecule has 0 saturated heterocycles. The van der Waals surface area contributed by atoms with Crippen LogP contribution in [0.1, 0.15) is 271 Å². The summed E-state index contributed by atoms with van der Waals surface area (Å²) < 4.78 is 16.9. The van der Waals surface area contributed by atoms with Crippen LogP contribution in [0, 0.1) is 0 Å². The van der Waals surface area contributed by atoms with Gasteiger partial charge in [-0.3, -0.25) is 14.4 Å². The number of unbranched alkanes of at least 4 members (excludes halogenated alkanes) is 24. The van der Waals surface area contributed by atoms with Crippen molar-refractivity contribution in [3.8, 4) is 0 Å². The molecule has 0 saturated carbocycles. The Balaban J connectivity index is 4.40. The number of allylic oxidation sites excluding steroid dienone is 18. The van der Waals surface area contributed by atoms with E-state index in [0.717, 1.165) is 141 Å². The lowest BCUT2D eigenvalue weighted by molar-refractivity contribution is -0.167. The maximum absolute atomic E-state index is 12.9. The number of hydrogen-bond acceptors (Lipinski definition) is 6. The second kappa shape index (κ2) is 59.6. The number of rotatable bonds is 53. The Hall–Kier alpha value is -3.93. The molecule has 6 heteroatoms. The predicted octanol–water partition coefficient (Wildman–Crippen LogP) is 20.3. The summed E-state index contributed by atoms with van der Waals surface area (Å²) in [7, 11) is 0.